The molecule has 1 N–H and O–H groups in total. The van der Waals surface area contributed by atoms with Crippen molar-refractivity contribution in [2.45, 2.75) is 0 Å². The predicted molar refractivity (Wildman–Crippen MR) is 105 cm³/mol. The standard InChI is InChI=1S/C20H16N4O2S/c25-19(23-20-22-18(13-27-20)15-4-2-1-3-5-15)12-26-17-8-6-16(7-9-17)24-11-10-21-14-24/h1-11,13-14H,12H2,(H,22,23,25). The second kappa shape index (κ2) is 7.84. The quantitative estimate of drug-likeness (QED) is 0.552. The Hall–Kier alpha value is -3.45. The van der Waals surface area contributed by atoms with E-state index in [1.54, 1.807) is 12.5 Å². The molecule has 27 heavy (non-hydrogen) atoms. The monoisotopic (exact) mass is 376 g/mol. The molecular weight excluding hydrogens is 360 g/mol. The Labute approximate surface area is 160 Å². The lowest BCUT2D eigenvalue weighted by molar-refractivity contribution is -0.118. The number of amides is 1. The van der Waals surface area contributed by atoms with Gasteiger partial charge in [-0.1, -0.05) is 30.3 Å². The van der Waals surface area contributed by atoms with E-state index >= 15 is 0 Å². The van der Waals surface area contributed by atoms with Gasteiger partial charge in [-0.2, -0.15) is 0 Å². The number of carbonyl (C=O) groups excluding carboxylic acids is 1. The largest absolute Gasteiger partial charge is 0.484 e. The minimum Gasteiger partial charge on any atom is -0.484 e. The average molecular weight is 376 g/mol. The van der Waals surface area contributed by atoms with Gasteiger partial charge in [-0.05, 0) is 24.3 Å². The van der Waals surface area contributed by atoms with Crippen molar-refractivity contribution in [3.63, 3.8) is 0 Å². The van der Waals surface area contributed by atoms with Crippen LogP contribution in [0, 0.1) is 0 Å². The maximum absolute atomic E-state index is 12.1. The van der Waals surface area contributed by atoms with Crippen LogP contribution in [0.1, 0.15) is 0 Å². The van der Waals surface area contributed by atoms with Gasteiger partial charge in [0.1, 0.15) is 5.75 Å². The molecule has 4 rings (SSSR count). The molecule has 0 radical (unpaired) electrons. The van der Waals surface area contributed by atoms with E-state index in [0.29, 0.717) is 10.9 Å². The molecule has 0 aliphatic heterocycles. The third kappa shape index (κ3) is 4.21. The first-order chi connectivity index (χ1) is 13.3. The summed E-state index contributed by atoms with van der Waals surface area (Å²) in [6.07, 6.45) is 5.30. The molecule has 2 aromatic heterocycles. The van der Waals surface area contributed by atoms with Crippen LogP contribution in [-0.4, -0.2) is 27.0 Å². The maximum Gasteiger partial charge on any atom is 0.264 e. The van der Waals surface area contributed by atoms with Crippen LogP contribution in [0.3, 0.4) is 0 Å². The zero-order valence-corrected chi connectivity index (χ0v) is 15.1. The van der Waals surface area contributed by atoms with Crippen molar-refractivity contribution in [2.75, 3.05) is 11.9 Å². The van der Waals surface area contributed by atoms with Crippen molar-refractivity contribution in [1.29, 1.82) is 0 Å². The smallest absolute Gasteiger partial charge is 0.264 e. The molecule has 0 saturated carbocycles. The Bertz CT molecular complexity index is 1010. The second-order valence-electron chi connectivity index (χ2n) is 5.70. The minimum absolute atomic E-state index is 0.0787. The SMILES string of the molecule is O=C(COc1ccc(-n2ccnc2)cc1)Nc1nc(-c2ccccc2)cs1. The lowest BCUT2D eigenvalue weighted by Crippen LogP contribution is -2.20. The fourth-order valence-corrected chi connectivity index (χ4v) is 3.24. The fourth-order valence-electron chi connectivity index (χ4n) is 2.50. The fraction of sp³-hybridized carbons (Fsp3) is 0.0500. The van der Waals surface area contributed by atoms with E-state index in [-0.39, 0.29) is 12.5 Å². The molecule has 7 heteroatoms. The number of aromatic nitrogens is 3. The van der Waals surface area contributed by atoms with Crippen LogP contribution in [0.2, 0.25) is 0 Å². The highest BCUT2D eigenvalue weighted by molar-refractivity contribution is 7.14. The summed E-state index contributed by atoms with van der Waals surface area (Å²) in [6, 6.07) is 17.3. The zero-order chi connectivity index (χ0) is 18.5. The number of hydrogen-bond acceptors (Lipinski definition) is 5. The summed E-state index contributed by atoms with van der Waals surface area (Å²) >= 11 is 1.39. The van der Waals surface area contributed by atoms with E-state index in [1.807, 2.05) is 70.7 Å². The van der Waals surface area contributed by atoms with Crippen LogP contribution < -0.4 is 10.1 Å². The van der Waals surface area contributed by atoms with Crippen molar-refractivity contribution >= 4 is 22.4 Å². The summed E-state index contributed by atoms with van der Waals surface area (Å²) in [5.74, 6) is 0.376. The van der Waals surface area contributed by atoms with Crippen LogP contribution in [0.4, 0.5) is 5.13 Å². The molecule has 0 spiro atoms. The lowest BCUT2D eigenvalue weighted by Gasteiger charge is -2.07. The molecule has 2 heterocycles. The maximum atomic E-state index is 12.1. The minimum atomic E-state index is -0.248. The molecule has 0 saturated heterocycles. The number of rotatable bonds is 6. The van der Waals surface area contributed by atoms with Gasteiger partial charge in [-0.15, -0.1) is 11.3 Å². The summed E-state index contributed by atoms with van der Waals surface area (Å²) < 4.78 is 7.44. The van der Waals surface area contributed by atoms with Gasteiger partial charge in [0.2, 0.25) is 0 Å². The molecular formula is C20H16N4O2S. The van der Waals surface area contributed by atoms with Crippen molar-refractivity contribution in [3.8, 4) is 22.7 Å². The summed E-state index contributed by atoms with van der Waals surface area (Å²) in [7, 11) is 0. The van der Waals surface area contributed by atoms with Gasteiger partial charge in [0.05, 0.1) is 12.0 Å². The molecule has 6 nitrogen and oxygen atoms in total. The summed E-state index contributed by atoms with van der Waals surface area (Å²) in [5, 5.41) is 5.24. The molecule has 2 aromatic carbocycles. The van der Waals surface area contributed by atoms with Crippen LogP contribution >= 0.6 is 11.3 Å². The molecule has 0 aliphatic carbocycles. The number of anilines is 1. The van der Waals surface area contributed by atoms with Crippen molar-refractivity contribution in [3.05, 3.63) is 78.7 Å². The topological polar surface area (TPSA) is 69.0 Å². The van der Waals surface area contributed by atoms with Gasteiger partial charge < -0.3 is 9.30 Å². The van der Waals surface area contributed by atoms with Crippen LogP contribution in [0.15, 0.2) is 78.7 Å². The number of thiazole rings is 1. The second-order valence-corrected chi connectivity index (χ2v) is 6.56. The van der Waals surface area contributed by atoms with E-state index in [2.05, 4.69) is 15.3 Å². The Morgan fingerprint density at radius 3 is 2.67 bits per heavy atom. The Kier molecular flexibility index (Phi) is 4.93. The van der Waals surface area contributed by atoms with E-state index < -0.39 is 0 Å². The number of nitrogens with one attached hydrogen (secondary N) is 1. The molecule has 0 fully saturated rings. The van der Waals surface area contributed by atoms with Gasteiger partial charge in [-0.3, -0.25) is 10.1 Å². The number of ether oxygens (including phenoxy) is 1. The van der Waals surface area contributed by atoms with Gasteiger partial charge in [0.15, 0.2) is 11.7 Å². The van der Waals surface area contributed by atoms with Gasteiger partial charge >= 0.3 is 0 Å². The molecule has 0 atom stereocenters. The van der Waals surface area contributed by atoms with Crippen LogP contribution in [0.5, 0.6) is 5.75 Å². The predicted octanol–water partition coefficient (Wildman–Crippen LogP) is 4.01. The van der Waals surface area contributed by atoms with Crippen LogP contribution in [0.25, 0.3) is 16.9 Å². The Balaban J connectivity index is 1.32. The molecule has 0 unspecified atom stereocenters. The summed E-state index contributed by atoms with van der Waals surface area (Å²) in [6.45, 7) is -0.0787. The van der Waals surface area contributed by atoms with Gasteiger partial charge in [0.25, 0.3) is 5.91 Å². The number of hydrogen-bond donors (Lipinski definition) is 1. The average Bonchev–Trinajstić information content (AvgIpc) is 3.40. The van der Waals surface area contributed by atoms with E-state index in [9.17, 15) is 4.79 Å². The number of carbonyl (C=O) groups is 1. The highest BCUT2D eigenvalue weighted by Gasteiger charge is 2.09. The van der Waals surface area contributed by atoms with Crippen molar-refractivity contribution in [2.24, 2.45) is 0 Å². The summed E-state index contributed by atoms with van der Waals surface area (Å²) in [4.78, 5) is 20.6. The van der Waals surface area contributed by atoms with Gasteiger partial charge in [0, 0.05) is 29.0 Å². The normalized spacial score (nSPS) is 10.5. The Morgan fingerprint density at radius 1 is 1.11 bits per heavy atom. The third-order valence-electron chi connectivity index (χ3n) is 3.83. The molecule has 0 bridgehead atoms. The van der Waals surface area contributed by atoms with Crippen molar-refractivity contribution < 1.29 is 9.53 Å². The first-order valence-corrected chi connectivity index (χ1v) is 9.18. The lowest BCUT2D eigenvalue weighted by atomic mass is 10.2. The van der Waals surface area contributed by atoms with Crippen molar-refractivity contribution in [1.82, 2.24) is 14.5 Å². The number of benzene rings is 2. The van der Waals surface area contributed by atoms with Crippen LogP contribution in [-0.2, 0) is 4.79 Å². The summed E-state index contributed by atoms with van der Waals surface area (Å²) in [5.41, 5.74) is 2.83. The molecule has 134 valence electrons. The molecule has 0 aliphatic rings. The number of nitrogens with zero attached hydrogens (tertiary/aromatic N) is 3. The first kappa shape index (κ1) is 17.0. The number of imidazole rings is 1. The Morgan fingerprint density at radius 2 is 1.93 bits per heavy atom. The van der Waals surface area contributed by atoms with Gasteiger partial charge in [-0.25, -0.2) is 9.97 Å². The molecule has 4 aromatic rings. The van der Waals surface area contributed by atoms with E-state index in [1.165, 1.54) is 11.3 Å². The highest BCUT2D eigenvalue weighted by atomic mass is 32.1. The van der Waals surface area contributed by atoms with E-state index in [4.69, 9.17) is 4.74 Å². The van der Waals surface area contributed by atoms with E-state index in [0.717, 1.165) is 16.9 Å². The zero-order valence-electron chi connectivity index (χ0n) is 14.3. The molecule has 1 amide bonds. The third-order valence-corrected chi connectivity index (χ3v) is 4.59. The first-order valence-electron chi connectivity index (χ1n) is 8.30. The highest BCUT2D eigenvalue weighted by Crippen LogP contribution is 2.24.